The van der Waals surface area contributed by atoms with Crippen LogP contribution in [0.3, 0.4) is 0 Å². The molecule has 1 amide bonds. The number of para-hydroxylation sites is 1. The van der Waals surface area contributed by atoms with Gasteiger partial charge in [0.25, 0.3) is 0 Å². The Morgan fingerprint density at radius 3 is 2.84 bits per heavy atom. The zero-order valence-corrected chi connectivity index (χ0v) is 19.2. The normalized spacial score (nSPS) is 14.5. The van der Waals surface area contributed by atoms with E-state index in [0.29, 0.717) is 22.5 Å². The number of carbonyl (C=O) groups is 1. The van der Waals surface area contributed by atoms with E-state index in [0.717, 1.165) is 40.3 Å². The van der Waals surface area contributed by atoms with Crippen molar-refractivity contribution in [2.24, 2.45) is 0 Å². The standard InChI is InChI=1S/C23H22ClN5O2S/c1-13(22(30)26-14-7-10-20(31-2)18(24)11-14)32-23-28-27-21(29(23)15-8-9-15)17-12-25-19-6-4-3-5-16(17)19/h3-7,10-13,15,25H,8-9H2,1-2H3,(H,26,30). The molecule has 2 N–H and O–H groups in total. The summed E-state index contributed by atoms with van der Waals surface area (Å²) in [6.45, 7) is 1.86. The zero-order chi connectivity index (χ0) is 22.2. The van der Waals surface area contributed by atoms with E-state index in [1.165, 1.54) is 11.8 Å². The van der Waals surface area contributed by atoms with Gasteiger partial charge in [-0.05, 0) is 44.0 Å². The predicted octanol–water partition coefficient (Wildman–Crippen LogP) is 5.54. The van der Waals surface area contributed by atoms with Crippen LogP contribution in [0.1, 0.15) is 25.8 Å². The van der Waals surface area contributed by atoms with Crippen molar-refractivity contribution in [1.29, 1.82) is 0 Å². The number of H-pyrrole nitrogens is 1. The second-order valence-corrected chi connectivity index (χ2v) is 9.47. The number of benzene rings is 2. The fourth-order valence-corrected chi connectivity index (χ4v) is 4.84. The molecule has 1 saturated carbocycles. The van der Waals surface area contributed by atoms with Gasteiger partial charge in [0.2, 0.25) is 5.91 Å². The lowest BCUT2D eigenvalue weighted by atomic mass is 10.1. The number of aromatic amines is 1. The summed E-state index contributed by atoms with van der Waals surface area (Å²) in [5, 5.41) is 13.8. The van der Waals surface area contributed by atoms with Gasteiger partial charge in [0.05, 0.1) is 17.4 Å². The number of halogens is 1. The number of nitrogens with zero attached hydrogens (tertiary/aromatic N) is 3. The monoisotopic (exact) mass is 467 g/mol. The maximum absolute atomic E-state index is 12.8. The summed E-state index contributed by atoms with van der Waals surface area (Å²) in [6.07, 6.45) is 4.16. The first kappa shape index (κ1) is 20.9. The van der Waals surface area contributed by atoms with Gasteiger partial charge in [-0.25, -0.2) is 0 Å². The van der Waals surface area contributed by atoms with Crippen molar-refractivity contribution in [3.8, 4) is 17.1 Å². The average Bonchev–Trinajstić information content (AvgIpc) is 3.41. The van der Waals surface area contributed by atoms with Crippen LogP contribution in [0, 0.1) is 0 Å². The number of nitrogens with one attached hydrogen (secondary N) is 2. The molecular formula is C23H22ClN5O2S. The van der Waals surface area contributed by atoms with Gasteiger partial charge in [0.15, 0.2) is 11.0 Å². The van der Waals surface area contributed by atoms with Crippen LogP contribution in [0.4, 0.5) is 5.69 Å². The fraction of sp³-hybridized carbons (Fsp3) is 0.261. The topological polar surface area (TPSA) is 84.8 Å². The molecule has 1 unspecified atom stereocenters. The molecule has 32 heavy (non-hydrogen) atoms. The molecule has 2 aromatic carbocycles. The number of aromatic nitrogens is 4. The molecule has 0 aliphatic heterocycles. The molecule has 2 heterocycles. The molecule has 0 bridgehead atoms. The highest BCUT2D eigenvalue weighted by Gasteiger charge is 2.32. The van der Waals surface area contributed by atoms with Crippen molar-refractivity contribution in [3.05, 3.63) is 53.7 Å². The van der Waals surface area contributed by atoms with E-state index in [2.05, 4.69) is 31.1 Å². The van der Waals surface area contributed by atoms with Crippen LogP contribution in [0.25, 0.3) is 22.3 Å². The second kappa shape index (κ2) is 8.52. The first-order valence-electron chi connectivity index (χ1n) is 10.4. The Morgan fingerprint density at radius 1 is 1.28 bits per heavy atom. The quantitative estimate of drug-likeness (QED) is 0.348. The number of anilines is 1. The summed E-state index contributed by atoms with van der Waals surface area (Å²) in [7, 11) is 1.55. The Hall–Kier alpha value is -2.97. The van der Waals surface area contributed by atoms with Crippen molar-refractivity contribution < 1.29 is 9.53 Å². The van der Waals surface area contributed by atoms with Gasteiger partial charge in [-0.15, -0.1) is 10.2 Å². The summed E-state index contributed by atoms with van der Waals surface area (Å²) >= 11 is 7.58. The molecular weight excluding hydrogens is 446 g/mol. The molecule has 1 atom stereocenters. The first-order valence-corrected chi connectivity index (χ1v) is 11.6. The molecule has 0 spiro atoms. The minimum absolute atomic E-state index is 0.129. The number of thioether (sulfide) groups is 1. The maximum Gasteiger partial charge on any atom is 0.237 e. The molecule has 1 fully saturated rings. The molecule has 0 radical (unpaired) electrons. The largest absolute Gasteiger partial charge is 0.495 e. The van der Waals surface area contributed by atoms with Crippen molar-refractivity contribution in [2.75, 3.05) is 12.4 Å². The number of hydrogen-bond donors (Lipinski definition) is 2. The Kier molecular flexibility index (Phi) is 5.57. The van der Waals surface area contributed by atoms with E-state index in [4.69, 9.17) is 16.3 Å². The van der Waals surface area contributed by atoms with Gasteiger partial charge < -0.3 is 15.0 Å². The average molecular weight is 468 g/mol. The summed E-state index contributed by atoms with van der Waals surface area (Å²) in [5.41, 5.74) is 2.71. The third-order valence-electron chi connectivity index (χ3n) is 5.48. The molecule has 1 aliphatic carbocycles. The summed E-state index contributed by atoms with van der Waals surface area (Å²) in [4.78, 5) is 16.1. The SMILES string of the molecule is COc1ccc(NC(=O)C(C)Sc2nnc(-c3c[nH]c4ccccc34)n2C2CC2)cc1Cl. The molecule has 5 rings (SSSR count). The minimum Gasteiger partial charge on any atom is -0.495 e. The van der Waals surface area contributed by atoms with Crippen LogP contribution in [-0.2, 0) is 4.79 Å². The van der Waals surface area contributed by atoms with Crippen LogP contribution in [0.15, 0.2) is 53.8 Å². The number of amides is 1. The lowest BCUT2D eigenvalue weighted by Crippen LogP contribution is -2.23. The molecule has 1 aliphatic rings. The Labute approximate surface area is 194 Å². The van der Waals surface area contributed by atoms with Crippen molar-refractivity contribution in [3.63, 3.8) is 0 Å². The molecule has 7 nitrogen and oxygen atoms in total. The van der Waals surface area contributed by atoms with E-state index >= 15 is 0 Å². The number of fused-ring (bicyclic) bond motifs is 1. The lowest BCUT2D eigenvalue weighted by molar-refractivity contribution is -0.115. The Bertz CT molecular complexity index is 1300. The smallest absolute Gasteiger partial charge is 0.237 e. The Morgan fingerprint density at radius 2 is 2.09 bits per heavy atom. The van der Waals surface area contributed by atoms with Gasteiger partial charge in [-0.2, -0.15) is 0 Å². The third kappa shape index (κ3) is 3.96. The van der Waals surface area contributed by atoms with Gasteiger partial charge in [-0.1, -0.05) is 41.6 Å². The Balaban J connectivity index is 1.37. The number of methoxy groups -OCH3 is 1. The molecule has 2 aromatic heterocycles. The minimum atomic E-state index is -0.367. The van der Waals surface area contributed by atoms with Crippen LogP contribution in [0.2, 0.25) is 5.02 Å². The van der Waals surface area contributed by atoms with Crippen LogP contribution in [0.5, 0.6) is 5.75 Å². The number of ether oxygens (including phenoxy) is 1. The van der Waals surface area contributed by atoms with Crippen molar-refractivity contribution in [1.82, 2.24) is 19.7 Å². The number of hydrogen-bond acceptors (Lipinski definition) is 5. The number of rotatable bonds is 7. The molecule has 9 heteroatoms. The third-order valence-corrected chi connectivity index (χ3v) is 6.83. The van der Waals surface area contributed by atoms with E-state index in [-0.39, 0.29) is 11.2 Å². The number of carbonyl (C=O) groups excluding carboxylic acids is 1. The summed E-state index contributed by atoms with van der Waals surface area (Å²) < 4.78 is 7.34. The van der Waals surface area contributed by atoms with E-state index in [1.54, 1.807) is 25.3 Å². The van der Waals surface area contributed by atoms with Crippen LogP contribution in [-0.4, -0.2) is 38.0 Å². The van der Waals surface area contributed by atoms with Crippen molar-refractivity contribution in [2.45, 2.75) is 36.2 Å². The summed E-state index contributed by atoms with van der Waals surface area (Å²) in [6, 6.07) is 13.7. The highest BCUT2D eigenvalue weighted by molar-refractivity contribution is 8.00. The highest BCUT2D eigenvalue weighted by atomic mass is 35.5. The maximum atomic E-state index is 12.8. The van der Waals surface area contributed by atoms with Gasteiger partial charge in [0.1, 0.15) is 5.75 Å². The van der Waals surface area contributed by atoms with E-state index in [9.17, 15) is 4.79 Å². The summed E-state index contributed by atoms with van der Waals surface area (Å²) in [5.74, 6) is 1.27. The highest BCUT2D eigenvalue weighted by Crippen LogP contribution is 2.43. The lowest BCUT2D eigenvalue weighted by Gasteiger charge is -2.14. The van der Waals surface area contributed by atoms with E-state index in [1.807, 2.05) is 31.3 Å². The van der Waals surface area contributed by atoms with Crippen LogP contribution < -0.4 is 10.1 Å². The molecule has 0 saturated heterocycles. The van der Waals surface area contributed by atoms with Gasteiger partial charge in [-0.3, -0.25) is 9.36 Å². The second-order valence-electron chi connectivity index (χ2n) is 7.75. The van der Waals surface area contributed by atoms with Gasteiger partial charge >= 0.3 is 0 Å². The first-order chi connectivity index (χ1) is 15.5. The molecule has 164 valence electrons. The van der Waals surface area contributed by atoms with E-state index < -0.39 is 0 Å². The van der Waals surface area contributed by atoms with Crippen LogP contribution >= 0.6 is 23.4 Å². The predicted molar refractivity (Wildman–Crippen MR) is 128 cm³/mol. The fourth-order valence-electron chi connectivity index (χ4n) is 3.66. The molecule has 4 aromatic rings. The zero-order valence-electron chi connectivity index (χ0n) is 17.6. The van der Waals surface area contributed by atoms with Gasteiger partial charge in [0, 0.05) is 34.4 Å². The van der Waals surface area contributed by atoms with Crippen molar-refractivity contribution >= 4 is 45.9 Å².